The minimum Gasteiger partial charge on any atom is -0.493 e. The van der Waals surface area contributed by atoms with Crippen molar-refractivity contribution in [1.82, 2.24) is 25.6 Å². The van der Waals surface area contributed by atoms with Gasteiger partial charge in [0.1, 0.15) is 5.75 Å². The largest absolute Gasteiger partial charge is 0.493 e. The highest BCUT2D eigenvalue weighted by molar-refractivity contribution is 5.86. The number of ether oxygens (including phenoxy) is 1. The van der Waals surface area contributed by atoms with Crippen molar-refractivity contribution in [2.24, 2.45) is 0 Å². The smallest absolute Gasteiger partial charge is 0.166 e. The zero-order valence-electron chi connectivity index (χ0n) is 17.7. The van der Waals surface area contributed by atoms with Gasteiger partial charge < -0.3 is 9.57 Å². The van der Waals surface area contributed by atoms with Gasteiger partial charge in [0.05, 0.1) is 23.8 Å². The number of aryl methyl sites for hydroxylation is 1. The molecule has 0 radical (unpaired) electrons. The number of aromatic nitrogens is 4. The number of pyridine rings is 2. The molecule has 7 heteroatoms. The summed E-state index contributed by atoms with van der Waals surface area (Å²) in [4.78, 5) is 14.3. The van der Waals surface area contributed by atoms with Gasteiger partial charge in [-0.2, -0.15) is 10.6 Å². The van der Waals surface area contributed by atoms with E-state index in [0.29, 0.717) is 18.9 Å². The molecule has 3 heterocycles. The molecule has 0 aliphatic rings. The van der Waals surface area contributed by atoms with Crippen molar-refractivity contribution in [3.8, 4) is 22.6 Å². The summed E-state index contributed by atoms with van der Waals surface area (Å²) in [5.41, 5.74) is 7.97. The Morgan fingerprint density at radius 1 is 0.938 bits per heavy atom. The van der Waals surface area contributed by atoms with E-state index in [1.807, 2.05) is 61.7 Å². The van der Waals surface area contributed by atoms with Gasteiger partial charge in [-0.15, -0.1) is 0 Å². The van der Waals surface area contributed by atoms with Crippen LogP contribution in [0.15, 0.2) is 73.2 Å². The molecule has 0 spiro atoms. The van der Waals surface area contributed by atoms with Crippen molar-refractivity contribution in [2.75, 3.05) is 13.2 Å². The molecule has 0 atom stereocenters. The summed E-state index contributed by atoms with van der Waals surface area (Å²) < 4.78 is 5.83. The second kappa shape index (κ2) is 9.03. The monoisotopic (exact) mass is 425 g/mol. The zero-order valence-corrected chi connectivity index (χ0v) is 17.7. The van der Waals surface area contributed by atoms with Gasteiger partial charge in [-0.25, -0.2) is 0 Å². The molecule has 0 unspecified atom stereocenters. The first-order valence-corrected chi connectivity index (χ1v) is 10.5. The van der Waals surface area contributed by atoms with E-state index in [0.717, 1.165) is 50.8 Å². The van der Waals surface area contributed by atoms with Gasteiger partial charge in [-0.1, -0.05) is 12.1 Å². The number of H-pyrrole nitrogens is 1. The Hall–Kier alpha value is -3.97. The topological polar surface area (TPSA) is 85.0 Å². The van der Waals surface area contributed by atoms with Crippen LogP contribution in [0, 0.1) is 6.92 Å². The van der Waals surface area contributed by atoms with Gasteiger partial charge in [0.25, 0.3) is 0 Å². The van der Waals surface area contributed by atoms with Crippen LogP contribution < -0.4 is 15.1 Å². The Bertz CT molecular complexity index is 1370. The van der Waals surface area contributed by atoms with Gasteiger partial charge >= 0.3 is 0 Å². The van der Waals surface area contributed by atoms with Crippen LogP contribution in [0.3, 0.4) is 0 Å². The van der Waals surface area contributed by atoms with Crippen LogP contribution in [0.25, 0.3) is 32.9 Å². The van der Waals surface area contributed by atoms with Crippen LogP contribution >= 0.6 is 0 Å². The number of benzene rings is 2. The van der Waals surface area contributed by atoms with Gasteiger partial charge in [0.2, 0.25) is 0 Å². The minimum absolute atomic E-state index is 0.580. The van der Waals surface area contributed by atoms with E-state index in [9.17, 15) is 0 Å². The number of hydrogen-bond donors (Lipinski definition) is 2. The number of hydroxylamine groups is 1. The molecule has 0 saturated carbocycles. The number of nitrogens with zero attached hydrogens (tertiary/aromatic N) is 3. The summed E-state index contributed by atoms with van der Waals surface area (Å²) in [6, 6.07) is 18.0. The van der Waals surface area contributed by atoms with Crippen molar-refractivity contribution in [3.05, 3.63) is 78.9 Å². The van der Waals surface area contributed by atoms with Crippen molar-refractivity contribution in [2.45, 2.75) is 13.3 Å². The zero-order chi connectivity index (χ0) is 21.8. The van der Waals surface area contributed by atoms with Crippen LogP contribution in [0.5, 0.6) is 11.5 Å². The average molecular weight is 425 g/mol. The Labute approximate surface area is 185 Å². The molecule has 32 heavy (non-hydrogen) atoms. The molecule has 0 aliphatic carbocycles. The third kappa shape index (κ3) is 4.38. The van der Waals surface area contributed by atoms with Crippen molar-refractivity contribution in [1.29, 1.82) is 0 Å². The lowest BCUT2D eigenvalue weighted by Gasteiger charge is -2.10. The van der Waals surface area contributed by atoms with Crippen LogP contribution in [0.1, 0.15) is 12.1 Å². The standard InChI is InChI=1S/C25H23N5O2/c1-17-23-13-19(6-8-24(23)30-29-17)20-12-22(16-26-15-20)32-28-10-3-11-31-21-7-5-18-4-2-9-27-25(18)14-21/h2,4-9,12-16,28H,3,10-11H2,1H3,(H,29,30). The Morgan fingerprint density at radius 2 is 1.91 bits per heavy atom. The van der Waals surface area contributed by atoms with E-state index in [4.69, 9.17) is 9.57 Å². The Kier molecular flexibility index (Phi) is 5.63. The predicted molar refractivity (Wildman–Crippen MR) is 125 cm³/mol. The molecule has 0 aliphatic heterocycles. The summed E-state index contributed by atoms with van der Waals surface area (Å²) in [5, 5.41) is 9.50. The molecule has 5 rings (SSSR count). The molecule has 7 nitrogen and oxygen atoms in total. The van der Waals surface area contributed by atoms with E-state index in [1.54, 1.807) is 12.4 Å². The van der Waals surface area contributed by atoms with Crippen LogP contribution in [-0.2, 0) is 0 Å². The lowest BCUT2D eigenvalue weighted by atomic mass is 10.0. The summed E-state index contributed by atoms with van der Waals surface area (Å²) in [7, 11) is 0. The second-order valence-electron chi connectivity index (χ2n) is 7.55. The fourth-order valence-corrected chi connectivity index (χ4v) is 3.56. The highest BCUT2D eigenvalue weighted by Crippen LogP contribution is 2.26. The Balaban J connectivity index is 1.12. The molecular formula is C25H23N5O2. The van der Waals surface area contributed by atoms with E-state index in [2.05, 4.69) is 31.7 Å². The molecule has 160 valence electrons. The summed E-state index contributed by atoms with van der Waals surface area (Å²) >= 11 is 0. The number of aromatic amines is 1. The van der Waals surface area contributed by atoms with E-state index < -0.39 is 0 Å². The highest BCUT2D eigenvalue weighted by atomic mass is 16.6. The van der Waals surface area contributed by atoms with Gasteiger partial charge in [0.15, 0.2) is 5.75 Å². The number of nitrogens with one attached hydrogen (secondary N) is 2. The Morgan fingerprint density at radius 3 is 2.88 bits per heavy atom. The van der Waals surface area contributed by atoms with Crippen LogP contribution in [0.4, 0.5) is 0 Å². The fourth-order valence-electron chi connectivity index (χ4n) is 3.56. The second-order valence-corrected chi connectivity index (χ2v) is 7.55. The SMILES string of the molecule is Cc1[nH]nc2ccc(-c3cncc(ONCCCOc4ccc5cccnc5c4)c3)cc12. The van der Waals surface area contributed by atoms with Crippen LogP contribution in [0.2, 0.25) is 0 Å². The van der Waals surface area contributed by atoms with Crippen molar-refractivity contribution in [3.63, 3.8) is 0 Å². The van der Waals surface area contributed by atoms with Gasteiger partial charge in [-0.05, 0) is 55.3 Å². The molecule has 0 bridgehead atoms. The van der Waals surface area contributed by atoms with Crippen LogP contribution in [-0.4, -0.2) is 33.3 Å². The molecule has 2 N–H and O–H groups in total. The van der Waals surface area contributed by atoms with E-state index in [1.165, 1.54) is 0 Å². The molecule has 0 saturated heterocycles. The number of rotatable bonds is 8. The lowest BCUT2D eigenvalue weighted by molar-refractivity contribution is 0.183. The summed E-state index contributed by atoms with van der Waals surface area (Å²) in [5.74, 6) is 1.48. The van der Waals surface area contributed by atoms with Gasteiger partial charge in [-0.3, -0.25) is 15.1 Å². The predicted octanol–water partition coefficient (Wildman–Crippen LogP) is 4.83. The first kappa shape index (κ1) is 20.0. The maximum atomic E-state index is 5.83. The van der Waals surface area contributed by atoms with Crippen molar-refractivity contribution >= 4 is 21.8 Å². The minimum atomic E-state index is 0.580. The molecule has 0 fully saturated rings. The maximum absolute atomic E-state index is 5.83. The van der Waals surface area contributed by atoms with Gasteiger partial charge in [0, 0.05) is 47.0 Å². The molecular weight excluding hydrogens is 402 g/mol. The highest BCUT2D eigenvalue weighted by Gasteiger charge is 2.06. The third-order valence-electron chi connectivity index (χ3n) is 5.25. The van der Waals surface area contributed by atoms with E-state index in [-0.39, 0.29) is 0 Å². The average Bonchev–Trinajstić information content (AvgIpc) is 3.21. The quantitative estimate of drug-likeness (QED) is 0.273. The van der Waals surface area contributed by atoms with E-state index >= 15 is 0 Å². The molecule has 5 aromatic rings. The summed E-state index contributed by atoms with van der Waals surface area (Å²) in [6.45, 7) is 3.24. The lowest BCUT2D eigenvalue weighted by Crippen LogP contribution is -2.21. The summed E-state index contributed by atoms with van der Waals surface area (Å²) in [6.07, 6.45) is 6.10. The maximum Gasteiger partial charge on any atom is 0.166 e. The fraction of sp³-hybridized carbons (Fsp3) is 0.160. The molecule has 3 aromatic heterocycles. The normalized spacial score (nSPS) is 11.2. The molecule has 2 aromatic carbocycles. The third-order valence-corrected chi connectivity index (χ3v) is 5.25. The first-order chi connectivity index (χ1) is 15.8. The molecule has 0 amide bonds. The van der Waals surface area contributed by atoms with Crippen molar-refractivity contribution < 1.29 is 9.57 Å². The number of fused-ring (bicyclic) bond motifs is 2. The first-order valence-electron chi connectivity index (χ1n) is 10.5. The number of hydrogen-bond acceptors (Lipinski definition) is 6.